The third-order valence-electron chi connectivity index (χ3n) is 5.10. The van der Waals surface area contributed by atoms with Crippen LogP contribution in [-0.4, -0.2) is 29.1 Å². The van der Waals surface area contributed by atoms with Crippen LogP contribution in [0, 0.1) is 6.92 Å². The lowest BCUT2D eigenvalue weighted by Crippen LogP contribution is -2.23. The molecule has 1 N–H and O–H groups in total. The molecule has 0 fully saturated rings. The number of rotatable bonds is 7. The maximum Gasteiger partial charge on any atom is 0.253 e. The van der Waals surface area contributed by atoms with Gasteiger partial charge in [0.1, 0.15) is 10.8 Å². The molecule has 0 radical (unpaired) electrons. The number of ether oxygens (including phenoxy) is 1. The molecule has 0 aliphatic heterocycles. The molecule has 5 nitrogen and oxygen atoms in total. The summed E-state index contributed by atoms with van der Waals surface area (Å²) in [6.07, 6.45) is 1.66. The molecule has 2 aromatic carbocycles. The van der Waals surface area contributed by atoms with E-state index in [1.807, 2.05) is 71.5 Å². The lowest BCUT2D eigenvalue weighted by atomic mass is 10.2. The summed E-state index contributed by atoms with van der Waals surface area (Å²) in [4.78, 5) is 17.6. The number of carbonyl (C=O) groups excluding carboxylic acids is 1. The van der Waals surface area contributed by atoms with Gasteiger partial charge in [-0.25, -0.2) is 4.98 Å². The van der Waals surface area contributed by atoms with Gasteiger partial charge in [-0.3, -0.25) is 4.79 Å². The molecule has 0 atom stereocenters. The maximum atomic E-state index is 12.8. The zero-order valence-electron chi connectivity index (χ0n) is 17.8. The number of nitrogens with one attached hydrogen (secondary N) is 1. The zero-order valence-corrected chi connectivity index (χ0v) is 19.3. The molecular weight excluding hydrogens is 442 g/mol. The van der Waals surface area contributed by atoms with E-state index in [2.05, 4.69) is 11.9 Å². The molecule has 0 saturated heterocycles. The van der Waals surface area contributed by atoms with Gasteiger partial charge < -0.3 is 14.6 Å². The molecule has 0 saturated carbocycles. The first kappa shape index (κ1) is 21.9. The van der Waals surface area contributed by atoms with Crippen molar-refractivity contribution < 1.29 is 9.53 Å². The van der Waals surface area contributed by atoms with Crippen LogP contribution in [0.1, 0.15) is 16.1 Å². The van der Waals surface area contributed by atoms with Gasteiger partial charge >= 0.3 is 0 Å². The second-order valence-corrected chi connectivity index (χ2v) is 8.34. The van der Waals surface area contributed by atoms with Crippen molar-refractivity contribution in [2.24, 2.45) is 0 Å². The Labute approximate surface area is 196 Å². The standard InChI is InChI=1S/C25H22ClN3O2S/c1-4-13-27-24(30)20-14-23(29(16(20)2)17-9-11-18(31-3)12-10-17)22-15-32-25(28-22)19-7-5-6-8-21(19)26/h4-12,14-15H,1,13H2,2-3H3,(H,27,30). The average molecular weight is 464 g/mol. The van der Waals surface area contributed by atoms with Gasteiger partial charge in [0.2, 0.25) is 0 Å². The Hall–Kier alpha value is -3.35. The van der Waals surface area contributed by atoms with E-state index in [4.69, 9.17) is 21.3 Å². The highest BCUT2D eigenvalue weighted by atomic mass is 35.5. The predicted octanol–water partition coefficient (Wildman–Crippen LogP) is 6.15. The smallest absolute Gasteiger partial charge is 0.253 e. The lowest BCUT2D eigenvalue weighted by molar-refractivity contribution is 0.0957. The third-order valence-corrected chi connectivity index (χ3v) is 6.31. The molecule has 0 bridgehead atoms. The first-order valence-electron chi connectivity index (χ1n) is 10.00. The molecule has 4 aromatic rings. The predicted molar refractivity (Wildman–Crippen MR) is 131 cm³/mol. The van der Waals surface area contributed by atoms with Gasteiger partial charge in [-0.1, -0.05) is 35.9 Å². The summed E-state index contributed by atoms with van der Waals surface area (Å²) in [5, 5.41) is 6.32. The first-order valence-corrected chi connectivity index (χ1v) is 11.3. The minimum atomic E-state index is -0.155. The topological polar surface area (TPSA) is 56.2 Å². The number of methoxy groups -OCH3 is 1. The zero-order chi connectivity index (χ0) is 22.7. The van der Waals surface area contributed by atoms with Crippen molar-refractivity contribution in [3.63, 3.8) is 0 Å². The van der Waals surface area contributed by atoms with Crippen LogP contribution in [0.25, 0.3) is 27.6 Å². The van der Waals surface area contributed by atoms with E-state index in [9.17, 15) is 4.79 Å². The highest BCUT2D eigenvalue weighted by molar-refractivity contribution is 7.13. The van der Waals surface area contributed by atoms with Gasteiger partial charge in [-0.15, -0.1) is 17.9 Å². The van der Waals surface area contributed by atoms with Crippen molar-refractivity contribution in [1.29, 1.82) is 0 Å². The fourth-order valence-corrected chi connectivity index (χ4v) is 4.63. The Bertz CT molecular complexity index is 1270. The first-order chi connectivity index (χ1) is 15.5. The number of benzene rings is 2. The van der Waals surface area contributed by atoms with Crippen molar-refractivity contribution >= 4 is 28.8 Å². The molecular formula is C25H22ClN3O2S. The molecule has 0 unspecified atom stereocenters. The number of carbonyl (C=O) groups is 1. The molecule has 162 valence electrons. The van der Waals surface area contributed by atoms with E-state index < -0.39 is 0 Å². The van der Waals surface area contributed by atoms with Crippen LogP contribution in [-0.2, 0) is 0 Å². The molecule has 2 heterocycles. The minimum absolute atomic E-state index is 0.155. The van der Waals surface area contributed by atoms with Crippen molar-refractivity contribution in [3.05, 3.63) is 88.9 Å². The number of nitrogens with zero attached hydrogens (tertiary/aromatic N) is 2. The largest absolute Gasteiger partial charge is 0.497 e. The number of amides is 1. The number of hydrogen-bond donors (Lipinski definition) is 1. The average Bonchev–Trinajstić information content (AvgIpc) is 3.42. The summed E-state index contributed by atoms with van der Waals surface area (Å²) in [7, 11) is 1.63. The number of aromatic nitrogens is 2. The van der Waals surface area contributed by atoms with Gasteiger partial charge in [0, 0.05) is 28.9 Å². The third kappa shape index (κ3) is 4.20. The highest BCUT2D eigenvalue weighted by Crippen LogP contribution is 2.35. The van der Waals surface area contributed by atoms with E-state index in [0.717, 1.165) is 39.1 Å². The SMILES string of the molecule is C=CCNC(=O)c1cc(-c2csc(-c3ccccc3Cl)n2)n(-c2ccc(OC)cc2)c1C. The summed E-state index contributed by atoms with van der Waals surface area (Å²) in [5.41, 5.74) is 4.79. The molecule has 32 heavy (non-hydrogen) atoms. The van der Waals surface area contributed by atoms with Crippen molar-refractivity contribution in [3.8, 4) is 33.4 Å². The van der Waals surface area contributed by atoms with Crippen LogP contribution in [0.15, 0.2) is 72.6 Å². The Morgan fingerprint density at radius 1 is 1.25 bits per heavy atom. The van der Waals surface area contributed by atoms with E-state index in [1.54, 1.807) is 13.2 Å². The highest BCUT2D eigenvalue weighted by Gasteiger charge is 2.21. The minimum Gasteiger partial charge on any atom is -0.497 e. The summed E-state index contributed by atoms with van der Waals surface area (Å²) >= 11 is 7.89. The molecule has 2 aromatic heterocycles. The molecule has 1 amide bonds. The Balaban J connectivity index is 1.84. The summed E-state index contributed by atoms with van der Waals surface area (Å²) in [6, 6.07) is 17.2. The van der Waals surface area contributed by atoms with Gasteiger partial charge in [0.25, 0.3) is 5.91 Å². The second kappa shape index (κ2) is 9.42. The van der Waals surface area contributed by atoms with Gasteiger partial charge in [0.05, 0.1) is 29.1 Å². The van der Waals surface area contributed by atoms with Gasteiger partial charge in [0.15, 0.2) is 0 Å². The van der Waals surface area contributed by atoms with Crippen molar-refractivity contribution in [2.45, 2.75) is 6.92 Å². The lowest BCUT2D eigenvalue weighted by Gasteiger charge is -2.12. The number of halogens is 1. The quantitative estimate of drug-likeness (QED) is 0.334. The Kier molecular flexibility index (Phi) is 6.44. The number of hydrogen-bond acceptors (Lipinski definition) is 4. The Morgan fingerprint density at radius 3 is 2.69 bits per heavy atom. The monoisotopic (exact) mass is 463 g/mol. The van der Waals surface area contributed by atoms with Crippen LogP contribution in [0.5, 0.6) is 5.75 Å². The molecule has 0 aliphatic carbocycles. The molecule has 0 aliphatic rings. The maximum absolute atomic E-state index is 12.8. The van der Waals surface area contributed by atoms with Crippen LogP contribution >= 0.6 is 22.9 Å². The van der Waals surface area contributed by atoms with Crippen LogP contribution in [0.4, 0.5) is 0 Å². The fraction of sp³-hybridized carbons (Fsp3) is 0.120. The van der Waals surface area contributed by atoms with Crippen LogP contribution in [0.3, 0.4) is 0 Å². The van der Waals surface area contributed by atoms with Gasteiger partial charge in [-0.05, 0) is 43.3 Å². The van der Waals surface area contributed by atoms with Crippen LogP contribution in [0.2, 0.25) is 5.02 Å². The molecule has 7 heteroatoms. The van der Waals surface area contributed by atoms with E-state index in [1.165, 1.54) is 11.3 Å². The fourth-order valence-electron chi connectivity index (χ4n) is 3.50. The van der Waals surface area contributed by atoms with E-state index >= 15 is 0 Å². The van der Waals surface area contributed by atoms with Gasteiger partial charge in [-0.2, -0.15) is 0 Å². The molecule has 4 rings (SSSR count). The summed E-state index contributed by atoms with van der Waals surface area (Å²) < 4.78 is 7.33. The van der Waals surface area contributed by atoms with E-state index in [-0.39, 0.29) is 5.91 Å². The van der Waals surface area contributed by atoms with Crippen LogP contribution < -0.4 is 10.1 Å². The Morgan fingerprint density at radius 2 is 2.00 bits per heavy atom. The van der Waals surface area contributed by atoms with Crippen molar-refractivity contribution in [2.75, 3.05) is 13.7 Å². The number of thiazole rings is 1. The van der Waals surface area contributed by atoms with Crippen molar-refractivity contribution in [1.82, 2.24) is 14.9 Å². The second-order valence-electron chi connectivity index (χ2n) is 7.08. The van der Waals surface area contributed by atoms with E-state index in [0.29, 0.717) is 17.1 Å². The summed E-state index contributed by atoms with van der Waals surface area (Å²) in [6.45, 7) is 6.00. The summed E-state index contributed by atoms with van der Waals surface area (Å²) in [5.74, 6) is 0.608. The molecule has 0 spiro atoms. The normalized spacial score (nSPS) is 10.7.